The van der Waals surface area contributed by atoms with Crippen LogP contribution >= 0.6 is 23.4 Å². The van der Waals surface area contributed by atoms with Gasteiger partial charge in [0.2, 0.25) is 0 Å². The molecule has 0 unspecified atom stereocenters. The fourth-order valence-corrected chi connectivity index (χ4v) is 3.66. The Morgan fingerprint density at radius 2 is 1.96 bits per heavy atom. The van der Waals surface area contributed by atoms with Gasteiger partial charge in [0.25, 0.3) is 5.91 Å². The summed E-state index contributed by atoms with van der Waals surface area (Å²) in [4.78, 5) is 15.8. The fourth-order valence-electron chi connectivity index (χ4n) is 2.54. The summed E-state index contributed by atoms with van der Waals surface area (Å²) >= 11 is 7.67. The van der Waals surface area contributed by atoms with Gasteiger partial charge in [0.1, 0.15) is 5.75 Å². The summed E-state index contributed by atoms with van der Waals surface area (Å²) in [5, 5.41) is 0.648. The molecule has 0 aromatic heterocycles. The van der Waals surface area contributed by atoms with Crippen LogP contribution in [0.15, 0.2) is 53.4 Å². The van der Waals surface area contributed by atoms with Crippen LogP contribution in [0.2, 0.25) is 5.02 Å². The van der Waals surface area contributed by atoms with E-state index in [1.165, 1.54) is 0 Å². The molecule has 1 heterocycles. The quantitative estimate of drug-likeness (QED) is 0.810. The van der Waals surface area contributed by atoms with E-state index in [0.717, 1.165) is 29.3 Å². The van der Waals surface area contributed by atoms with Gasteiger partial charge < -0.3 is 9.64 Å². The lowest BCUT2D eigenvalue weighted by molar-refractivity contribution is -0.124. The van der Waals surface area contributed by atoms with Gasteiger partial charge in [-0.15, -0.1) is 11.8 Å². The lowest BCUT2D eigenvalue weighted by Gasteiger charge is -2.26. The Morgan fingerprint density at radius 1 is 1.22 bits per heavy atom. The number of halogens is 1. The topological polar surface area (TPSA) is 29.5 Å². The van der Waals surface area contributed by atoms with E-state index in [0.29, 0.717) is 10.8 Å². The summed E-state index contributed by atoms with van der Waals surface area (Å²) in [7, 11) is 0. The summed E-state index contributed by atoms with van der Waals surface area (Å²) in [6.45, 7) is 2.51. The third-order valence-electron chi connectivity index (χ3n) is 3.68. The van der Waals surface area contributed by atoms with Crippen molar-refractivity contribution in [3.05, 3.63) is 53.6 Å². The smallest absolute Gasteiger partial charge is 0.267 e. The molecule has 0 radical (unpaired) electrons. The van der Waals surface area contributed by atoms with E-state index in [1.807, 2.05) is 23.1 Å². The molecule has 0 fully saturated rings. The molecule has 0 N–H and O–H groups in total. The number of amides is 1. The predicted octanol–water partition coefficient (Wildman–Crippen LogP) is 4.64. The average Bonchev–Trinajstić information content (AvgIpc) is 2.78. The second-order valence-electron chi connectivity index (χ2n) is 5.37. The Kier molecular flexibility index (Phi) is 5.13. The molecule has 5 heteroatoms. The molecule has 2 aromatic rings. The number of para-hydroxylation sites is 1. The van der Waals surface area contributed by atoms with Gasteiger partial charge in [-0.2, -0.15) is 0 Å². The van der Waals surface area contributed by atoms with Crippen LogP contribution in [0.5, 0.6) is 5.75 Å². The second-order valence-corrected chi connectivity index (χ2v) is 6.95. The van der Waals surface area contributed by atoms with Gasteiger partial charge >= 0.3 is 0 Å². The number of ether oxygens (including phenoxy) is 1. The van der Waals surface area contributed by atoms with Crippen LogP contribution in [0.25, 0.3) is 0 Å². The van der Waals surface area contributed by atoms with Gasteiger partial charge in [-0.3, -0.25) is 4.79 Å². The molecular weight excluding hydrogens is 330 g/mol. The molecule has 3 rings (SSSR count). The fraction of sp³-hybridized carbons (Fsp3) is 0.278. The summed E-state index contributed by atoms with van der Waals surface area (Å²) in [5.74, 6) is 1.65. The van der Waals surface area contributed by atoms with Gasteiger partial charge in [-0.05, 0) is 55.5 Å². The minimum atomic E-state index is -0.549. The van der Waals surface area contributed by atoms with Gasteiger partial charge in [-0.25, -0.2) is 0 Å². The molecule has 1 atom stereocenters. The average molecular weight is 348 g/mol. The molecule has 0 aliphatic carbocycles. The zero-order valence-electron chi connectivity index (χ0n) is 12.9. The van der Waals surface area contributed by atoms with Gasteiger partial charge in [-0.1, -0.05) is 23.7 Å². The first kappa shape index (κ1) is 16.2. The van der Waals surface area contributed by atoms with Crippen molar-refractivity contribution in [3.63, 3.8) is 0 Å². The molecule has 2 aromatic carbocycles. The molecule has 0 saturated heterocycles. The molecule has 1 aliphatic heterocycles. The van der Waals surface area contributed by atoms with Crippen LogP contribution in [0.3, 0.4) is 0 Å². The monoisotopic (exact) mass is 347 g/mol. The Hall–Kier alpha value is -1.65. The number of rotatable bonds is 3. The van der Waals surface area contributed by atoms with E-state index in [9.17, 15) is 4.79 Å². The highest BCUT2D eigenvalue weighted by Crippen LogP contribution is 2.34. The van der Waals surface area contributed by atoms with Crippen molar-refractivity contribution in [2.45, 2.75) is 24.3 Å². The third-order valence-corrected chi connectivity index (χ3v) is 5.08. The molecule has 3 nitrogen and oxygen atoms in total. The molecule has 23 heavy (non-hydrogen) atoms. The maximum absolute atomic E-state index is 12.9. The van der Waals surface area contributed by atoms with Crippen LogP contribution in [-0.2, 0) is 4.79 Å². The van der Waals surface area contributed by atoms with Gasteiger partial charge in [0.15, 0.2) is 6.10 Å². The third kappa shape index (κ3) is 3.82. The van der Waals surface area contributed by atoms with Crippen molar-refractivity contribution in [1.29, 1.82) is 0 Å². The summed E-state index contributed by atoms with van der Waals surface area (Å²) in [6, 6.07) is 15.1. The molecule has 0 saturated carbocycles. The second kappa shape index (κ2) is 7.28. The molecular formula is C18H18ClNO2S. The van der Waals surface area contributed by atoms with Crippen LogP contribution in [0.4, 0.5) is 5.69 Å². The zero-order valence-corrected chi connectivity index (χ0v) is 14.4. The van der Waals surface area contributed by atoms with Gasteiger partial charge in [0.05, 0.1) is 5.69 Å². The van der Waals surface area contributed by atoms with Crippen molar-refractivity contribution in [3.8, 4) is 5.75 Å². The van der Waals surface area contributed by atoms with Crippen molar-refractivity contribution in [2.24, 2.45) is 0 Å². The number of hydrogen-bond acceptors (Lipinski definition) is 3. The van der Waals surface area contributed by atoms with Crippen LogP contribution in [0.1, 0.15) is 13.3 Å². The summed E-state index contributed by atoms with van der Waals surface area (Å²) in [5.41, 5.74) is 0.978. The van der Waals surface area contributed by atoms with Crippen molar-refractivity contribution < 1.29 is 9.53 Å². The van der Waals surface area contributed by atoms with Crippen LogP contribution < -0.4 is 9.64 Å². The minimum absolute atomic E-state index is 0.0186. The number of hydrogen-bond donors (Lipinski definition) is 0. The zero-order chi connectivity index (χ0) is 16.2. The number of fused-ring (bicyclic) bond motifs is 1. The highest BCUT2D eigenvalue weighted by molar-refractivity contribution is 7.99. The molecule has 1 aliphatic rings. The number of thioether (sulfide) groups is 1. The first-order valence-electron chi connectivity index (χ1n) is 7.60. The lowest BCUT2D eigenvalue weighted by Crippen LogP contribution is -2.41. The van der Waals surface area contributed by atoms with E-state index >= 15 is 0 Å². The van der Waals surface area contributed by atoms with E-state index < -0.39 is 6.10 Å². The Balaban J connectivity index is 1.77. The highest BCUT2D eigenvalue weighted by atomic mass is 35.5. The number of carbonyl (C=O) groups excluding carboxylic acids is 1. The van der Waals surface area contributed by atoms with E-state index in [4.69, 9.17) is 16.3 Å². The SMILES string of the molecule is C[C@@H](Oc1ccc(Cl)cc1)C(=O)N1CCCSc2ccccc21. The summed E-state index contributed by atoms with van der Waals surface area (Å²) in [6.07, 6.45) is 0.422. The van der Waals surface area contributed by atoms with Crippen molar-refractivity contribution in [2.75, 3.05) is 17.2 Å². The predicted molar refractivity (Wildman–Crippen MR) is 95.7 cm³/mol. The molecule has 1 amide bonds. The molecule has 0 bridgehead atoms. The Labute approximate surface area is 145 Å². The molecule has 0 spiro atoms. The largest absolute Gasteiger partial charge is 0.481 e. The van der Waals surface area contributed by atoms with E-state index in [2.05, 4.69) is 6.07 Å². The first-order chi connectivity index (χ1) is 11.1. The number of benzene rings is 2. The Bertz CT molecular complexity index is 690. The number of carbonyl (C=O) groups is 1. The van der Waals surface area contributed by atoms with Crippen LogP contribution in [-0.4, -0.2) is 24.3 Å². The lowest BCUT2D eigenvalue weighted by atomic mass is 10.2. The van der Waals surface area contributed by atoms with Crippen molar-refractivity contribution >= 4 is 35.0 Å². The maximum Gasteiger partial charge on any atom is 0.267 e. The minimum Gasteiger partial charge on any atom is -0.481 e. The van der Waals surface area contributed by atoms with E-state index in [-0.39, 0.29) is 5.91 Å². The highest BCUT2D eigenvalue weighted by Gasteiger charge is 2.26. The maximum atomic E-state index is 12.9. The van der Waals surface area contributed by atoms with Crippen molar-refractivity contribution in [1.82, 2.24) is 0 Å². The normalized spacial score (nSPS) is 15.5. The first-order valence-corrected chi connectivity index (χ1v) is 8.97. The number of anilines is 1. The van der Waals surface area contributed by atoms with Gasteiger partial charge in [0, 0.05) is 16.5 Å². The molecule has 120 valence electrons. The van der Waals surface area contributed by atoms with E-state index in [1.54, 1.807) is 43.0 Å². The number of nitrogens with zero attached hydrogens (tertiary/aromatic N) is 1. The standard InChI is InChI=1S/C18H18ClNO2S/c1-13(22-15-9-7-14(19)8-10-15)18(21)20-11-4-12-23-17-6-3-2-5-16(17)20/h2-3,5-10,13H,4,11-12H2,1H3/t13-/m1/s1. The van der Waals surface area contributed by atoms with Crippen LogP contribution in [0, 0.1) is 0 Å². The Morgan fingerprint density at radius 3 is 2.74 bits per heavy atom. The summed E-state index contributed by atoms with van der Waals surface area (Å²) < 4.78 is 5.78.